The molecule has 188 valence electrons. The smallest absolute Gasteiger partial charge is 0.254 e. The number of hydrogen-bond acceptors (Lipinski definition) is 4. The van der Waals surface area contributed by atoms with Gasteiger partial charge in [0.25, 0.3) is 5.91 Å². The van der Waals surface area contributed by atoms with Gasteiger partial charge in [0.1, 0.15) is 5.75 Å². The number of phenolic OH excluding ortho intramolecular Hbond substituents is 1. The summed E-state index contributed by atoms with van der Waals surface area (Å²) >= 11 is 0. The molecule has 2 unspecified atom stereocenters. The van der Waals surface area contributed by atoms with Crippen molar-refractivity contribution in [3.8, 4) is 5.75 Å². The molecule has 5 nitrogen and oxygen atoms in total. The van der Waals surface area contributed by atoms with Gasteiger partial charge in [-0.3, -0.25) is 4.79 Å². The Morgan fingerprint density at radius 1 is 1.09 bits per heavy atom. The normalized spacial score (nSPS) is 29.1. The van der Waals surface area contributed by atoms with Crippen LogP contribution >= 0.6 is 0 Å². The van der Waals surface area contributed by atoms with E-state index in [1.54, 1.807) is 6.07 Å². The number of aliphatic hydroxyl groups is 1. The molecule has 0 aromatic heterocycles. The Hall–Kier alpha value is -2.37. The van der Waals surface area contributed by atoms with E-state index in [1.165, 1.54) is 12.8 Å². The first-order chi connectivity index (χ1) is 16.8. The Bertz CT molecular complexity index is 1040. The van der Waals surface area contributed by atoms with Gasteiger partial charge in [0.05, 0.1) is 5.60 Å². The minimum Gasteiger partial charge on any atom is -0.508 e. The van der Waals surface area contributed by atoms with Crippen molar-refractivity contribution in [3.63, 3.8) is 0 Å². The average molecular weight is 477 g/mol. The molecular weight excluding hydrogens is 436 g/mol. The van der Waals surface area contributed by atoms with Crippen LogP contribution in [0.4, 0.5) is 0 Å². The van der Waals surface area contributed by atoms with Crippen LogP contribution in [-0.4, -0.2) is 63.7 Å². The van der Waals surface area contributed by atoms with Crippen LogP contribution in [0.25, 0.3) is 0 Å². The van der Waals surface area contributed by atoms with Crippen LogP contribution in [0.15, 0.2) is 54.6 Å². The van der Waals surface area contributed by atoms with Crippen molar-refractivity contribution in [2.75, 3.05) is 26.2 Å². The van der Waals surface area contributed by atoms with Crippen LogP contribution in [0.1, 0.15) is 68.3 Å². The molecule has 5 rings (SSSR count). The van der Waals surface area contributed by atoms with E-state index in [-0.39, 0.29) is 17.7 Å². The third-order valence-electron chi connectivity index (χ3n) is 8.60. The first-order valence-corrected chi connectivity index (χ1v) is 13.4. The maximum Gasteiger partial charge on any atom is 0.254 e. The number of carbonyl (C=O) groups excluding carboxylic acids is 1. The highest BCUT2D eigenvalue weighted by molar-refractivity contribution is 5.94. The topological polar surface area (TPSA) is 64.0 Å². The molecule has 3 atom stereocenters. The number of fused-ring (bicyclic) bond motifs is 1. The van der Waals surface area contributed by atoms with Gasteiger partial charge < -0.3 is 20.0 Å². The number of rotatable bonds is 7. The number of aromatic hydroxyl groups is 1. The zero-order valence-electron chi connectivity index (χ0n) is 21.2. The number of benzene rings is 2. The molecule has 0 bridgehead atoms. The highest BCUT2D eigenvalue weighted by atomic mass is 16.3. The van der Waals surface area contributed by atoms with E-state index in [9.17, 15) is 15.0 Å². The minimum atomic E-state index is -0.871. The van der Waals surface area contributed by atoms with Crippen molar-refractivity contribution in [1.82, 2.24) is 9.80 Å². The summed E-state index contributed by atoms with van der Waals surface area (Å²) < 4.78 is 0. The molecule has 2 aromatic carbocycles. The fourth-order valence-electron chi connectivity index (χ4n) is 6.66. The van der Waals surface area contributed by atoms with Gasteiger partial charge in [0, 0.05) is 36.7 Å². The van der Waals surface area contributed by atoms with Crippen LogP contribution in [0.3, 0.4) is 0 Å². The van der Waals surface area contributed by atoms with Crippen molar-refractivity contribution < 1.29 is 15.0 Å². The predicted octanol–water partition coefficient (Wildman–Crippen LogP) is 4.83. The average Bonchev–Trinajstić information content (AvgIpc) is 3.66. The molecule has 3 aliphatic rings. The van der Waals surface area contributed by atoms with Crippen molar-refractivity contribution in [3.05, 3.63) is 65.7 Å². The SMILES string of the molecule is CC(C)CN(C(=O)c1ccccc1)[C@@H]1CCC2(O)CN(CC3CC3)CCC2(c2cccc(O)c2)C1. The lowest BCUT2D eigenvalue weighted by atomic mass is 9.55. The molecule has 5 heteroatoms. The number of amides is 1. The van der Waals surface area contributed by atoms with Gasteiger partial charge in [-0.1, -0.05) is 44.2 Å². The molecule has 2 aromatic rings. The third-order valence-corrected chi connectivity index (χ3v) is 8.60. The van der Waals surface area contributed by atoms with Crippen molar-refractivity contribution >= 4 is 5.91 Å². The zero-order chi connectivity index (χ0) is 24.6. The maximum absolute atomic E-state index is 13.7. The summed E-state index contributed by atoms with van der Waals surface area (Å²) in [5.41, 5.74) is 0.372. The van der Waals surface area contributed by atoms with E-state index in [0.717, 1.165) is 49.4 Å². The fourth-order valence-corrected chi connectivity index (χ4v) is 6.66. The lowest BCUT2D eigenvalue weighted by molar-refractivity contribution is -0.133. The molecule has 1 amide bonds. The Labute approximate surface area is 209 Å². The molecule has 1 saturated heterocycles. The molecule has 1 heterocycles. The van der Waals surface area contributed by atoms with Gasteiger partial charge in [0.15, 0.2) is 0 Å². The van der Waals surface area contributed by atoms with Crippen molar-refractivity contribution in [2.45, 2.75) is 69.4 Å². The second-order valence-electron chi connectivity index (χ2n) is 11.7. The highest BCUT2D eigenvalue weighted by Gasteiger charge is 2.58. The number of β-amino-alcohol motifs (C(OH)–C–C–N with tert-alkyl or cyclic N) is 1. The van der Waals surface area contributed by atoms with Crippen LogP contribution in [0, 0.1) is 11.8 Å². The molecule has 0 spiro atoms. The van der Waals surface area contributed by atoms with E-state index in [1.807, 2.05) is 42.5 Å². The summed E-state index contributed by atoms with van der Waals surface area (Å²) in [6, 6.07) is 17.1. The Kier molecular flexibility index (Phi) is 6.67. The van der Waals surface area contributed by atoms with E-state index >= 15 is 0 Å². The Morgan fingerprint density at radius 2 is 1.86 bits per heavy atom. The first kappa shape index (κ1) is 24.3. The predicted molar refractivity (Wildman–Crippen MR) is 138 cm³/mol. The second kappa shape index (κ2) is 9.59. The van der Waals surface area contributed by atoms with Gasteiger partial charge in [-0.2, -0.15) is 0 Å². The summed E-state index contributed by atoms with van der Waals surface area (Å²) in [5, 5.41) is 22.7. The molecule has 2 aliphatic carbocycles. The third kappa shape index (κ3) is 4.85. The second-order valence-corrected chi connectivity index (χ2v) is 11.7. The summed E-state index contributed by atoms with van der Waals surface area (Å²) in [4.78, 5) is 18.2. The summed E-state index contributed by atoms with van der Waals surface area (Å²) in [5.74, 6) is 1.45. The fraction of sp³-hybridized carbons (Fsp3) is 0.567. The molecule has 1 aliphatic heterocycles. The minimum absolute atomic E-state index is 0.0442. The lowest BCUT2D eigenvalue weighted by Crippen LogP contribution is -2.67. The molecular formula is C30H40N2O3. The van der Waals surface area contributed by atoms with Crippen LogP contribution in [-0.2, 0) is 5.41 Å². The van der Waals surface area contributed by atoms with E-state index < -0.39 is 11.0 Å². The van der Waals surface area contributed by atoms with Gasteiger partial charge >= 0.3 is 0 Å². The molecule has 2 saturated carbocycles. The van der Waals surface area contributed by atoms with Crippen LogP contribution in [0.5, 0.6) is 5.75 Å². The molecule has 35 heavy (non-hydrogen) atoms. The van der Waals surface area contributed by atoms with Gasteiger partial charge in [-0.25, -0.2) is 0 Å². The number of carbonyl (C=O) groups is 1. The first-order valence-electron chi connectivity index (χ1n) is 13.4. The Morgan fingerprint density at radius 3 is 2.54 bits per heavy atom. The monoisotopic (exact) mass is 476 g/mol. The summed E-state index contributed by atoms with van der Waals surface area (Å²) in [6.45, 7) is 7.70. The Balaban J connectivity index is 1.49. The summed E-state index contributed by atoms with van der Waals surface area (Å²) in [7, 11) is 0. The van der Waals surface area contributed by atoms with E-state index in [4.69, 9.17) is 0 Å². The number of likely N-dealkylation sites (tertiary alicyclic amines) is 1. The number of piperidine rings is 1. The summed E-state index contributed by atoms with van der Waals surface area (Å²) in [6.07, 6.45) is 5.62. The largest absolute Gasteiger partial charge is 0.508 e. The number of phenols is 1. The van der Waals surface area contributed by atoms with E-state index in [2.05, 4.69) is 29.7 Å². The van der Waals surface area contributed by atoms with E-state index in [0.29, 0.717) is 25.4 Å². The quantitative estimate of drug-likeness (QED) is 0.601. The van der Waals surface area contributed by atoms with Crippen molar-refractivity contribution in [1.29, 1.82) is 0 Å². The van der Waals surface area contributed by atoms with Gasteiger partial charge in [-0.05, 0) is 86.7 Å². The van der Waals surface area contributed by atoms with Crippen LogP contribution < -0.4 is 0 Å². The highest BCUT2D eigenvalue weighted by Crippen LogP contribution is 2.53. The maximum atomic E-state index is 13.7. The van der Waals surface area contributed by atoms with Crippen LogP contribution in [0.2, 0.25) is 0 Å². The molecule has 0 radical (unpaired) electrons. The van der Waals surface area contributed by atoms with Crippen molar-refractivity contribution in [2.24, 2.45) is 11.8 Å². The van der Waals surface area contributed by atoms with Gasteiger partial charge in [0.2, 0.25) is 0 Å². The zero-order valence-corrected chi connectivity index (χ0v) is 21.2. The molecule has 2 N–H and O–H groups in total. The lowest BCUT2D eigenvalue weighted by Gasteiger charge is -2.59. The number of nitrogens with zero attached hydrogens (tertiary/aromatic N) is 2. The number of hydrogen-bond donors (Lipinski definition) is 2. The standard InChI is InChI=1S/C30H40N2O3/c1-22(2)19-32(28(34)24-7-4-3-5-8-24)26-13-14-30(35)21-31(20-23-11-12-23)16-15-29(30,18-26)25-9-6-10-27(33)17-25/h3-10,17,22-23,26,33,35H,11-16,18-21H2,1-2H3/t26-,29?,30?/m1/s1. The molecule has 3 fully saturated rings. The van der Waals surface area contributed by atoms with Gasteiger partial charge in [-0.15, -0.1) is 0 Å².